The van der Waals surface area contributed by atoms with E-state index in [1.54, 1.807) is 24.8 Å². The summed E-state index contributed by atoms with van der Waals surface area (Å²) in [4.78, 5) is 20.1. The van der Waals surface area contributed by atoms with E-state index < -0.39 is 0 Å². The maximum Gasteiger partial charge on any atom is 0.232 e. The van der Waals surface area contributed by atoms with E-state index in [0.717, 1.165) is 55.1 Å². The lowest BCUT2D eigenvalue weighted by Gasteiger charge is -2.34. The molecule has 1 aliphatic heterocycles. The van der Waals surface area contributed by atoms with Crippen LogP contribution < -0.4 is 9.64 Å². The van der Waals surface area contributed by atoms with Crippen LogP contribution in [0.1, 0.15) is 32.3 Å². The lowest BCUT2D eigenvalue weighted by atomic mass is 9.92. The third-order valence-corrected chi connectivity index (χ3v) is 5.40. The zero-order valence-corrected chi connectivity index (χ0v) is 16.8. The average Bonchev–Trinajstić information content (AvgIpc) is 2.80. The van der Waals surface area contributed by atoms with Crippen molar-refractivity contribution < 1.29 is 4.74 Å². The van der Waals surface area contributed by atoms with Gasteiger partial charge >= 0.3 is 0 Å². The van der Waals surface area contributed by atoms with Crippen LogP contribution in [0.3, 0.4) is 0 Å². The van der Waals surface area contributed by atoms with Crippen molar-refractivity contribution >= 4 is 5.95 Å². The Hall–Kier alpha value is -3.16. The molecule has 0 N–H and O–H groups in total. The summed E-state index contributed by atoms with van der Waals surface area (Å²) in [6.07, 6.45) is 13.6. The number of aryl methyl sites for hydroxylation is 1. The smallest absolute Gasteiger partial charge is 0.232 e. The second-order valence-electron chi connectivity index (χ2n) is 7.26. The Kier molecular flexibility index (Phi) is 5.88. The lowest BCUT2D eigenvalue weighted by Crippen LogP contribution is -2.39. The number of nitrogens with zero attached hydrogens (tertiary/aromatic N) is 7. The van der Waals surface area contributed by atoms with Gasteiger partial charge in [0, 0.05) is 31.0 Å². The predicted octanol–water partition coefficient (Wildman–Crippen LogP) is 2.97. The highest BCUT2D eigenvalue weighted by Crippen LogP contribution is 2.26. The average molecular weight is 391 g/mol. The van der Waals surface area contributed by atoms with Gasteiger partial charge in [0.25, 0.3) is 0 Å². The van der Waals surface area contributed by atoms with Crippen molar-refractivity contribution in [1.82, 2.24) is 30.1 Å². The molecule has 0 aliphatic carbocycles. The summed E-state index contributed by atoms with van der Waals surface area (Å²) in [6, 6.07) is 1.85. The number of ether oxygens (including phenoxy) is 1. The molecule has 0 unspecified atom stereocenters. The van der Waals surface area contributed by atoms with Crippen LogP contribution in [0.4, 0.5) is 5.95 Å². The van der Waals surface area contributed by atoms with Crippen LogP contribution in [0.2, 0.25) is 0 Å². The van der Waals surface area contributed by atoms with Gasteiger partial charge in [-0.1, -0.05) is 6.92 Å². The molecular formula is C21H25N7O. The molecule has 0 radical (unpaired) electrons. The van der Waals surface area contributed by atoms with Crippen LogP contribution in [0.5, 0.6) is 5.88 Å². The Morgan fingerprint density at radius 1 is 1.00 bits per heavy atom. The topological polar surface area (TPSA) is 89.8 Å². The van der Waals surface area contributed by atoms with Crippen molar-refractivity contribution in [3.63, 3.8) is 0 Å². The van der Waals surface area contributed by atoms with Crippen LogP contribution in [-0.2, 0) is 6.42 Å². The third kappa shape index (κ3) is 4.64. The van der Waals surface area contributed by atoms with E-state index in [0.29, 0.717) is 11.8 Å². The van der Waals surface area contributed by atoms with Crippen LogP contribution >= 0.6 is 0 Å². The monoisotopic (exact) mass is 391 g/mol. The number of aromatic nitrogens is 6. The minimum absolute atomic E-state index is 0.0725. The second kappa shape index (κ2) is 8.89. The number of rotatable bonds is 6. The summed E-state index contributed by atoms with van der Waals surface area (Å²) in [6.45, 7) is 6.09. The molecule has 4 rings (SSSR count). The van der Waals surface area contributed by atoms with Gasteiger partial charge in [-0.3, -0.25) is 0 Å². The Balaban J connectivity index is 1.31. The molecule has 4 heterocycles. The summed E-state index contributed by atoms with van der Waals surface area (Å²) < 4.78 is 6.06. The molecular weight excluding hydrogens is 366 g/mol. The molecule has 1 atom stereocenters. The highest BCUT2D eigenvalue weighted by molar-refractivity contribution is 5.55. The maximum absolute atomic E-state index is 6.06. The number of piperidine rings is 1. The van der Waals surface area contributed by atoms with Crippen molar-refractivity contribution in [3.8, 4) is 17.1 Å². The Morgan fingerprint density at radius 3 is 2.41 bits per heavy atom. The summed E-state index contributed by atoms with van der Waals surface area (Å²) in [5.74, 6) is 1.83. The van der Waals surface area contributed by atoms with Gasteiger partial charge in [-0.05, 0) is 43.7 Å². The van der Waals surface area contributed by atoms with Gasteiger partial charge < -0.3 is 9.64 Å². The van der Waals surface area contributed by atoms with Crippen LogP contribution in [0.15, 0.2) is 43.2 Å². The number of hydrogen-bond donors (Lipinski definition) is 0. The SMILES string of the molecule is CCc1cnc(N2CCC([C@H](C)Oc3cnc(-c4ccnnc4)cn3)CC2)nc1. The first-order valence-electron chi connectivity index (χ1n) is 10.0. The third-order valence-electron chi connectivity index (χ3n) is 5.40. The summed E-state index contributed by atoms with van der Waals surface area (Å²) in [5, 5.41) is 7.65. The van der Waals surface area contributed by atoms with Crippen LogP contribution in [-0.4, -0.2) is 49.3 Å². The van der Waals surface area contributed by atoms with Gasteiger partial charge in [0.2, 0.25) is 11.8 Å². The molecule has 150 valence electrons. The normalized spacial score (nSPS) is 15.9. The molecule has 3 aromatic heterocycles. The molecule has 1 saturated heterocycles. The number of anilines is 1. The minimum Gasteiger partial charge on any atom is -0.473 e. The fourth-order valence-corrected chi connectivity index (χ4v) is 3.52. The molecule has 1 fully saturated rings. The van der Waals surface area contributed by atoms with E-state index in [1.165, 1.54) is 0 Å². The minimum atomic E-state index is 0.0725. The zero-order valence-electron chi connectivity index (χ0n) is 16.8. The first-order chi connectivity index (χ1) is 14.2. The van der Waals surface area contributed by atoms with Gasteiger partial charge in [0.1, 0.15) is 6.10 Å². The molecule has 0 bridgehead atoms. The summed E-state index contributed by atoms with van der Waals surface area (Å²) >= 11 is 0. The predicted molar refractivity (Wildman–Crippen MR) is 109 cm³/mol. The largest absolute Gasteiger partial charge is 0.473 e. The van der Waals surface area contributed by atoms with Crippen LogP contribution in [0, 0.1) is 5.92 Å². The van der Waals surface area contributed by atoms with E-state index in [9.17, 15) is 0 Å². The van der Waals surface area contributed by atoms with Crippen molar-refractivity contribution in [3.05, 3.63) is 48.8 Å². The molecule has 0 aromatic carbocycles. The summed E-state index contributed by atoms with van der Waals surface area (Å²) in [7, 11) is 0. The highest BCUT2D eigenvalue weighted by atomic mass is 16.5. The van der Waals surface area contributed by atoms with E-state index in [4.69, 9.17) is 4.74 Å². The van der Waals surface area contributed by atoms with Gasteiger partial charge in [-0.2, -0.15) is 10.2 Å². The molecule has 0 saturated carbocycles. The maximum atomic E-state index is 6.06. The van der Waals surface area contributed by atoms with Gasteiger partial charge in [0.05, 0.1) is 30.5 Å². The summed E-state index contributed by atoms with van der Waals surface area (Å²) in [5.41, 5.74) is 2.80. The van der Waals surface area contributed by atoms with E-state index in [1.807, 2.05) is 18.5 Å². The Bertz CT molecular complexity index is 895. The fourth-order valence-electron chi connectivity index (χ4n) is 3.52. The fraction of sp³-hybridized carbons (Fsp3) is 0.429. The van der Waals surface area contributed by atoms with Gasteiger partial charge in [-0.25, -0.2) is 19.9 Å². The van der Waals surface area contributed by atoms with Gasteiger partial charge in [0.15, 0.2) is 0 Å². The zero-order chi connectivity index (χ0) is 20.1. The van der Waals surface area contributed by atoms with E-state index >= 15 is 0 Å². The van der Waals surface area contributed by atoms with Crippen molar-refractivity contribution in [2.75, 3.05) is 18.0 Å². The van der Waals surface area contributed by atoms with Crippen molar-refractivity contribution in [2.45, 2.75) is 39.2 Å². The molecule has 8 nitrogen and oxygen atoms in total. The molecule has 1 aliphatic rings. The van der Waals surface area contributed by atoms with Crippen LogP contribution in [0.25, 0.3) is 11.3 Å². The molecule has 0 amide bonds. The van der Waals surface area contributed by atoms with E-state index in [-0.39, 0.29) is 6.10 Å². The van der Waals surface area contributed by atoms with E-state index in [2.05, 4.69) is 48.9 Å². The standard InChI is InChI=1S/C21H25N7O/c1-3-16-10-24-21(25-11-16)28-8-5-17(6-9-28)15(2)29-20-14-22-19(13-23-20)18-4-7-26-27-12-18/h4,7,10-15,17H,3,5-6,8-9H2,1-2H3/t15-/m0/s1. The van der Waals surface area contributed by atoms with Crippen molar-refractivity contribution in [1.29, 1.82) is 0 Å². The van der Waals surface area contributed by atoms with Gasteiger partial charge in [-0.15, -0.1) is 0 Å². The Labute approximate surface area is 170 Å². The molecule has 8 heteroatoms. The molecule has 0 spiro atoms. The first-order valence-corrected chi connectivity index (χ1v) is 10.0. The quantitative estimate of drug-likeness (QED) is 0.633. The van der Waals surface area contributed by atoms with Crippen molar-refractivity contribution in [2.24, 2.45) is 5.92 Å². The lowest BCUT2D eigenvalue weighted by molar-refractivity contribution is 0.127. The molecule has 3 aromatic rings. The first kappa shape index (κ1) is 19.2. The number of hydrogen-bond acceptors (Lipinski definition) is 8. The highest BCUT2D eigenvalue weighted by Gasteiger charge is 2.26. The second-order valence-corrected chi connectivity index (χ2v) is 7.26. The Morgan fingerprint density at radius 2 is 1.79 bits per heavy atom. The molecule has 29 heavy (non-hydrogen) atoms.